The Labute approximate surface area is 141 Å². The van der Waals surface area contributed by atoms with Gasteiger partial charge >= 0.3 is 5.97 Å². The molecule has 1 heterocycles. The molecule has 0 atom stereocenters. The Morgan fingerprint density at radius 2 is 1.79 bits per heavy atom. The first-order chi connectivity index (χ1) is 11.5. The lowest BCUT2D eigenvalue weighted by atomic mass is 10.2. The maximum Gasteiger partial charge on any atom is 0.340 e. The molecule has 7 heteroatoms. The molecule has 2 rings (SSSR count). The number of rotatable bonds is 5. The fraction of sp³-hybridized carbons (Fsp3) is 0.471. The van der Waals surface area contributed by atoms with E-state index in [1.807, 2.05) is 4.90 Å². The van der Waals surface area contributed by atoms with E-state index in [0.29, 0.717) is 37.4 Å². The zero-order valence-electron chi connectivity index (χ0n) is 14.1. The summed E-state index contributed by atoms with van der Waals surface area (Å²) >= 11 is 0. The maximum absolute atomic E-state index is 12.2. The summed E-state index contributed by atoms with van der Waals surface area (Å²) in [6, 6.07) is 6.78. The van der Waals surface area contributed by atoms with E-state index in [1.165, 1.54) is 0 Å². The lowest BCUT2D eigenvalue weighted by Gasteiger charge is -2.33. The van der Waals surface area contributed by atoms with E-state index in [2.05, 4.69) is 5.32 Å². The highest BCUT2D eigenvalue weighted by Gasteiger charge is 2.21. The molecule has 1 N–H and O–H groups in total. The molecule has 1 saturated heterocycles. The average molecular weight is 333 g/mol. The van der Waals surface area contributed by atoms with Gasteiger partial charge in [0.2, 0.25) is 11.8 Å². The molecule has 1 aliphatic heterocycles. The van der Waals surface area contributed by atoms with Crippen molar-refractivity contribution in [1.82, 2.24) is 9.80 Å². The maximum atomic E-state index is 12.2. The molecule has 1 aromatic rings. The van der Waals surface area contributed by atoms with E-state index in [-0.39, 0.29) is 25.0 Å². The largest absolute Gasteiger partial charge is 0.462 e. The van der Waals surface area contributed by atoms with Gasteiger partial charge in [-0.15, -0.1) is 0 Å². The molecular weight excluding hydrogens is 310 g/mol. The Bertz CT molecular complexity index is 610. The number of carbonyl (C=O) groups is 3. The summed E-state index contributed by atoms with van der Waals surface area (Å²) in [5, 5.41) is 2.77. The minimum atomic E-state index is -0.455. The highest BCUT2D eigenvalue weighted by molar-refractivity contribution is 6.01. The van der Waals surface area contributed by atoms with Gasteiger partial charge in [0.25, 0.3) is 0 Å². The van der Waals surface area contributed by atoms with Crippen molar-refractivity contribution in [3.63, 3.8) is 0 Å². The van der Waals surface area contributed by atoms with Crippen LogP contribution in [0.4, 0.5) is 5.69 Å². The van der Waals surface area contributed by atoms with Gasteiger partial charge in [-0.05, 0) is 19.1 Å². The number of amides is 2. The van der Waals surface area contributed by atoms with Crippen LogP contribution in [-0.2, 0) is 14.3 Å². The number of hydrogen-bond donors (Lipinski definition) is 1. The summed E-state index contributed by atoms with van der Waals surface area (Å²) in [6.45, 7) is 6.36. The lowest BCUT2D eigenvalue weighted by molar-refractivity contribution is -0.130. The third-order valence-electron chi connectivity index (χ3n) is 3.88. The molecule has 24 heavy (non-hydrogen) atoms. The van der Waals surface area contributed by atoms with Gasteiger partial charge in [0.05, 0.1) is 24.4 Å². The molecule has 0 radical (unpaired) electrons. The Morgan fingerprint density at radius 3 is 2.42 bits per heavy atom. The number of benzene rings is 1. The van der Waals surface area contributed by atoms with Crippen LogP contribution in [-0.4, -0.2) is 66.9 Å². The van der Waals surface area contributed by atoms with Crippen LogP contribution in [0.2, 0.25) is 0 Å². The molecule has 0 spiro atoms. The minimum Gasteiger partial charge on any atom is -0.462 e. The fourth-order valence-corrected chi connectivity index (χ4v) is 2.59. The Kier molecular flexibility index (Phi) is 6.31. The second kappa shape index (κ2) is 8.44. The summed E-state index contributed by atoms with van der Waals surface area (Å²) in [5.74, 6) is -0.589. The van der Waals surface area contributed by atoms with Crippen LogP contribution >= 0.6 is 0 Å². The standard InChI is InChI=1S/C17H23N3O4/c1-3-24-17(23)14-6-4-5-7-15(14)18-16(22)12-19-8-10-20(11-9-19)13(2)21/h4-7H,3,8-12H2,1-2H3,(H,18,22). The van der Waals surface area contributed by atoms with Crippen LogP contribution in [0.3, 0.4) is 0 Å². The van der Waals surface area contributed by atoms with Crippen molar-refractivity contribution in [3.8, 4) is 0 Å². The van der Waals surface area contributed by atoms with E-state index >= 15 is 0 Å². The topological polar surface area (TPSA) is 79.0 Å². The van der Waals surface area contributed by atoms with Crippen LogP contribution in [0.25, 0.3) is 0 Å². The van der Waals surface area contributed by atoms with Crippen molar-refractivity contribution in [2.45, 2.75) is 13.8 Å². The molecule has 0 aromatic heterocycles. The van der Waals surface area contributed by atoms with Crippen molar-refractivity contribution in [3.05, 3.63) is 29.8 Å². The van der Waals surface area contributed by atoms with Crippen LogP contribution in [0.15, 0.2) is 24.3 Å². The Balaban J connectivity index is 1.91. The van der Waals surface area contributed by atoms with Crippen molar-refractivity contribution in [2.75, 3.05) is 44.6 Å². The van der Waals surface area contributed by atoms with E-state index in [1.54, 1.807) is 43.0 Å². The number of anilines is 1. The van der Waals surface area contributed by atoms with E-state index in [0.717, 1.165) is 0 Å². The number of nitrogens with one attached hydrogen (secondary N) is 1. The molecule has 0 saturated carbocycles. The number of piperazine rings is 1. The van der Waals surface area contributed by atoms with Gasteiger partial charge < -0.3 is 15.0 Å². The summed E-state index contributed by atoms with van der Waals surface area (Å²) in [5.41, 5.74) is 0.789. The van der Waals surface area contributed by atoms with Crippen LogP contribution in [0, 0.1) is 0 Å². The molecule has 1 aromatic carbocycles. The molecule has 7 nitrogen and oxygen atoms in total. The predicted molar refractivity (Wildman–Crippen MR) is 89.7 cm³/mol. The first-order valence-electron chi connectivity index (χ1n) is 8.05. The molecule has 0 aliphatic carbocycles. The van der Waals surface area contributed by atoms with Gasteiger partial charge in [0, 0.05) is 33.1 Å². The zero-order chi connectivity index (χ0) is 17.5. The van der Waals surface area contributed by atoms with Gasteiger partial charge in [0.1, 0.15) is 0 Å². The van der Waals surface area contributed by atoms with Crippen molar-refractivity contribution < 1.29 is 19.1 Å². The van der Waals surface area contributed by atoms with E-state index in [9.17, 15) is 14.4 Å². The van der Waals surface area contributed by atoms with E-state index in [4.69, 9.17) is 4.74 Å². The highest BCUT2D eigenvalue weighted by atomic mass is 16.5. The van der Waals surface area contributed by atoms with Crippen LogP contribution < -0.4 is 5.32 Å². The summed E-state index contributed by atoms with van der Waals surface area (Å²) in [4.78, 5) is 39.2. The van der Waals surface area contributed by atoms with Crippen molar-refractivity contribution in [2.24, 2.45) is 0 Å². The first-order valence-corrected chi connectivity index (χ1v) is 8.05. The Morgan fingerprint density at radius 1 is 1.12 bits per heavy atom. The normalized spacial score (nSPS) is 15.0. The minimum absolute atomic E-state index is 0.0578. The fourth-order valence-electron chi connectivity index (χ4n) is 2.59. The predicted octanol–water partition coefficient (Wildman–Crippen LogP) is 0.966. The molecule has 0 bridgehead atoms. The van der Waals surface area contributed by atoms with Gasteiger partial charge in [-0.1, -0.05) is 12.1 Å². The molecule has 1 fully saturated rings. The van der Waals surface area contributed by atoms with Gasteiger partial charge in [0.15, 0.2) is 0 Å². The van der Waals surface area contributed by atoms with E-state index < -0.39 is 5.97 Å². The number of esters is 1. The average Bonchev–Trinajstić information content (AvgIpc) is 2.56. The zero-order valence-corrected chi connectivity index (χ0v) is 14.1. The number of hydrogen-bond acceptors (Lipinski definition) is 5. The number of para-hydroxylation sites is 1. The number of ether oxygens (including phenoxy) is 1. The molecule has 1 aliphatic rings. The SMILES string of the molecule is CCOC(=O)c1ccccc1NC(=O)CN1CCN(C(C)=O)CC1. The third-order valence-corrected chi connectivity index (χ3v) is 3.88. The molecular formula is C17H23N3O4. The number of carbonyl (C=O) groups excluding carboxylic acids is 3. The van der Waals surface area contributed by atoms with Gasteiger partial charge in [-0.3, -0.25) is 14.5 Å². The van der Waals surface area contributed by atoms with Crippen molar-refractivity contribution in [1.29, 1.82) is 0 Å². The quantitative estimate of drug-likeness (QED) is 0.812. The summed E-state index contributed by atoms with van der Waals surface area (Å²) in [7, 11) is 0. The number of nitrogens with zero attached hydrogens (tertiary/aromatic N) is 2. The van der Waals surface area contributed by atoms with Crippen molar-refractivity contribution >= 4 is 23.5 Å². The van der Waals surface area contributed by atoms with Gasteiger partial charge in [-0.25, -0.2) is 4.79 Å². The Hall–Kier alpha value is -2.41. The lowest BCUT2D eigenvalue weighted by Crippen LogP contribution is -2.49. The smallest absolute Gasteiger partial charge is 0.340 e. The summed E-state index contributed by atoms with van der Waals surface area (Å²) in [6.07, 6.45) is 0. The summed E-state index contributed by atoms with van der Waals surface area (Å²) < 4.78 is 5.00. The molecule has 130 valence electrons. The monoisotopic (exact) mass is 333 g/mol. The second-order valence-electron chi connectivity index (χ2n) is 5.60. The second-order valence-corrected chi connectivity index (χ2v) is 5.60. The van der Waals surface area contributed by atoms with Crippen LogP contribution in [0.5, 0.6) is 0 Å². The first kappa shape index (κ1) is 17.9. The molecule has 2 amide bonds. The third kappa shape index (κ3) is 4.79. The highest BCUT2D eigenvalue weighted by Crippen LogP contribution is 2.16. The molecule has 0 unspecified atom stereocenters. The van der Waals surface area contributed by atoms with Crippen LogP contribution in [0.1, 0.15) is 24.2 Å². The van der Waals surface area contributed by atoms with Gasteiger partial charge in [-0.2, -0.15) is 0 Å².